The Hall–Kier alpha value is -0.940. The lowest BCUT2D eigenvalue weighted by Gasteiger charge is -2.06. The molecule has 1 aromatic heterocycles. The molecule has 0 bridgehead atoms. The van der Waals surface area contributed by atoms with Crippen LogP contribution >= 0.6 is 0 Å². The second-order valence-corrected chi connectivity index (χ2v) is 2.66. The Bertz CT molecular complexity index is 217. The highest BCUT2D eigenvalue weighted by molar-refractivity contribution is 5.07. The van der Waals surface area contributed by atoms with Crippen molar-refractivity contribution in [2.24, 2.45) is 5.73 Å². The lowest BCUT2D eigenvalue weighted by molar-refractivity contribution is 0.395. The summed E-state index contributed by atoms with van der Waals surface area (Å²) in [6.45, 7) is 1.22. The Morgan fingerprint density at radius 3 is 2.55 bits per heavy atom. The van der Waals surface area contributed by atoms with E-state index in [1.54, 1.807) is 0 Å². The van der Waals surface area contributed by atoms with Crippen molar-refractivity contribution in [2.45, 2.75) is 13.1 Å². The Labute approximate surface area is 65.6 Å². The van der Waals surface area contributed by atoms with Crippen molar-refractivity contribution in [1.29, 1.82) is 0 Å². The molecule has 0 atom stereocenters. The van der Waals surface area contributed by atoms with Crippen molar-refractivity contribution < 1.29 is 0 Å². The number of H-pyrrole nitrogens is 1. The summed E-state index contributed by atoms with van der Waals surface area (Å²) < 4.78 is 0. The van der Waals surface area contributed by atoms with Crippen molar-refractivity contribution >= 4 is 0 Å². The van der Waals surface area contributed by atoms with Gasteiger partial charge < -0.3 is 10.6 Å². The number of hydrogen-bond donors (Lipinski definition) is 2. The van der Waals surface area contributed by atoms with Crippen LogP contribution in [0, 0.1) is 0 Å². The van der Waals surface area contributed by atoms with E-state index in [1.165, 1.54) is 0 Å². The molecular weight excluding hydrogens is 142 g/mol. The molecule has 62 valence electrons. The van der Waals surface area contributed by atoms with Crippen LogP contribution in [0.4, 0.5) is 0 Å². The van der Waals surface area contributed by atoms with E-state index in [2.05, 4.69) is 15.4 Å². The number of hydrogen-bond acceptors (Lipinski definition) is 4. The maximum absolute atomic E-state index is 5.43. The predicted octanol–water partition coefficient (Wildman–Crippen LogP) is -0.675. The maximum atomic E-state index is 5.43. The Morgan fingerprint density at radius 2 is 2.00 bits per heavy atom. The molecule has 0 saturated heterocycles. The van der Waals surface area contributed by atoms with Gasteiger partial charge in [-0.15, -0.1) is 0 Å². The number of rotatable bonds is 3. The SMILES string of the molecule is CN(C)Cc1n[nH]nc1CN. The third-order valence-corrected chi connectivity index (χ3v) is 1.36. The molecule has 0 fully saturated rings. The normalized spacial score (nSPS) is 10.9. The summed E-state index contributed by atoms with van der Waals surface area (Å²) in [5.74, 6) is 0. The minimum Gasteiger partial charge on any atom is -0.325 e. The van der Waals surface area contributed by atoms with Crippen molar-refractivity contribution in [1.82, 2.24) is 20.3 Å². The minimum atomic E-state index is 0.444. The van der Waals surface area contributed by atoms with Crippen LogP contribution in [-0.4, -0.2) is 34.4 Å². The lowest BCUT2D eigenvalue weighted by atomic mass is 10.3. The van der Waals surface area contributed by atoms with Crippen LogP contribution < -0.4 is 5.73 Å². The molecule has 0 unspecified atom stereocenters. The fraction of sp³-hybridized carbons (Fsp3) is 0.667. The highest BCUT2D eigenvalue weighted by Crippen LogP contribution is 2.01. The van der Waals surface area contributed by atoms with E-state index in [9.17, 15) is 0 Å². The highest BCUT2D eigenvalue weighted by Gasteiger charge is 2.05. The van der Waals surface area contributed by atoms with Crippen LogP contribution in [0.25, 0.3) is 0 Å². The molecule has 0 saturated carbocycles. The molecule has 0 aromatic carbocycles. The molecule has 0 aliphatic carbocycles. The first kappa shape index (κ1) is 8.16. The average molecular weight is 155 g/mol. The maximum Gasteiger partial charge on any atom is 0.101 e. The smallest absolute Gasteiger partial charge is 0.101 e. The second kappa shape index (κ2) is 3.45. The predicted molar refractivity (Wildman–Crippen MR) is 41.7 cm³/mol. The van der Waals surface area contributed by atoms with Gasteiger partial charge in [-0.25, -0.2) is 0 Å². The van der Waals surface area contributed by atoms with Gasteiger partial charge in [-0.3, -0.25) is 0 Å². The summed E-state index contributed by atoms with van der Waals surface area (Å²) in [6.07, 6.45) is 0. The van der Waals surface area contributed by atoms with Gasteiger partial charge >= 0.3 is 0 Å². The van der Waals surface area contributed by atoms with Crippen LogP contribution in [0.5, 0.6) is 0 Å². The van der Waals surface area contributed by atoms with Crippen LogP contribution in [0.1, 0.15) is 11.4 Å². The molecule has 1 heterocycles. The quantitative estimate of drug-likeness (QED) is 0.607. The van der Waals surface area contributed by atoms with Gasteiger partial charge in [0.2, 0.25) is 0 Å². The first-order valence-electron chi connectivity index (χ1n) is 3.47. The Morgan fingerprint density at radius 1 is 1.36 bits per heavy atom. The van der Waals surface area contributed by atoms with Gasteiger partial charge in [0.25, 0.3) is 0 Å². The van der Waals surface area contributed by atoms with Crippen molar-refractivity contribution in [3.05, 3.63) is 11.4 Å². The molecule has 5 heteroatoms. The molecule has 5 nitrogen and oxygen atoms in total. The average Bonchev–Trinajstić information content (AvgIpc) is 2.34. The lowest BCUT2D eigenvalue weighted by Crippen LogP contribution is -2.13. The zero-order valence-electron chi connectivity index (χ0n) is 6.83. The van der Waals surface area contributed by atoms with Crippen molar-refractivity contribution in [2.75, 3.05) is 14.1 Å². The number of aromatic amines is 1. The van der Waals surface area contributed by atoms with Gasteiger partial charge in [0.05, 0.1) is 0 Å². The molecule has 0 amide bonds. The summed E-state index contributed by atoms with van der Waals surface area (Å²) in [6, 6.07) is 0. The highest BCUT2D eigenvalue weighted by atomic mass is 15.3. The number of nitrogens with zero attached hydrogens (tertiary/aromatic N) is 3. The first-order chi connectivity index (χ1) is 5.24. The Balaban J connectivity index is 2.68. The van der Waals surface area contributed by atoms with E-state index in [0.29, 0.717) is 6.54 Å². The topological polar surface area (TPSA) is 70.8 Å². The summed E-state index contributed by atoms with van der Waals surface area (Å²) >= 11 is 0. The van der Waals surface area contributed by atoms with Crippen molar-refractivity contribution in [3.8, 4) is 0 Å². The fourth-order valence-electron chi connectivity index (χ4n) is 0.864. The van der Waals surface area contributed by atoms with Crippen LogP contribution in [0.3, 0.4) is 0 Å². The molecule has 0 aliphatic rings. The van der Waals surface area contributed by atoms with Gasteiger partial charge in [-0.2, -0.15) is 15.4 Å². The molecule has 1 rings (SSSR count). The number of aromatic nitrogens is 3. The molecule has 0 spiro atoms. The van der Waals surface area contributed by atoms with Gasteiger partial charge in [0.1, 0.15) is 11.4 Å². The molecule has 0 radical (unpaired) electrons. The van der Waals surface area contributed by atoms with E-state index in [0.717, 1.165) is 17.9 Å². The van der Waals surface area contributed by atoms with Gasteiger partial charge in [-0.05, 0) is 14.1 Å². The molecule has 1 aromatic rings. The standard InChI is InChI=1S/C6H13N5/c1-11(2)4-6-5(3-7)8-10-9-6/h3-4,7H2,1-2H3,(H,8,9,10). The second-order valence-electron chi connectivity index (χ2n) is 2.66. The number of nitrogens with two attached hydrogens (primary N) is 1. The van der Waals surface area contributed by atoms with Gasteiger partial charge in [-0.1, -0.05) is 0 Å². The minimum absolute atomic E-state index is 0.444. The van der Waals surface area contributed by atoms with Crippen LogP contribution in [-0.2, 0) is 13.1 Å². The monoisotopic (exact) mass is 155 g/mol. The van der Waals surface area contributed by atoms with Crippen LogP contribution in [0.2, 0.25) is 0 Å². The fourth-order valence-corrected chi connectivity index (χ4v) is 0.864. The summed E-state index contributed by atoms with van der Waals surface area (Å²) in [7, 11) is 3.96. The largest absolute Gasteiger partial charge is 0.325 e. The van der Waals surface area contributed by atoms with Crippen molar-refractivity contribution in [3.63, 3.8) is 0 Å². The van der Waals surface area contributed by atoms with Gasteiger partial charge in [0.15, 0.2) is 0 Å². The first-order valence-corrected chi connectivity index (χ1v) is 3.47. The molecular formula is C6H13N5. The van der Waals surface area contributed by atoms with Gasteiger partial charge in [0, 0.05) is 13.1 Å². The molecule has 11 heavy (non-hydrogen) atoms. The van der Waals surface area contributed by atoms with Crippen LogP contribution in [0.15, 0.2) is 0 Å². The third kappa shape index (κ3) is 1.99. The molecule has 0 aliphatic heterocycles. The van der Waals surface area contributed by atoms with E-state index < -0.39 is 0 Å². The van der Waals surface area contributed by atoms with E-state index >= 15 is 0 Å². The van der Waals surface area contributed by atoms with E-state index in [4.69, 9.17) is 5.73 Å². The zero-order valence-corrected chi connectivity index (χ0v) is 6.83. The summed E-state index contributed by atoms with van der Waals surface area (Å²) in [5, 5.41) is 10.4. The summed E-state index contributed by atoms with van der Waals surface area (Å²) in [5.41, 5.74) is 7.20. The zero-order chi connectivity index (χ0) is 8.27. The third-order valence-electron chi connectivity index (χ3n) is 1.36. The van der Waals surface area contributed by atoms with E-state index in [1.807, 2.05) is 19.0 Å². The Kier molecular flexibility index (Phi) is 2.56. The van der Waals surface area contributed by atoms with E-state index in [-0.39, 0.29) is 0 Å². The number of nitrogens with one attached hydrogen (secondary N) is 1. The summed E-state index contributed by atoms with van der Waals surface area (Å²) in [4.78, 5) is 2.02. The molecule has 3 N–H and O–H groups in total.